The number of halogens is 1. The number of carbonyl (C=O) groups is 1. The molecule has 24 heavy (non-hydrogen) atoms. The van der Waals surface area contributed by atoms with Crippen LogP contribution in [0.15, 0.2) is 63.7 Å². The zero-order chi connectivity index (χ0) is 16.9. The summed E-state index contributed by atoms with van der Waals surface area (Å²) in [6, 6.07) is 15.8. The van der Waals surface area contributed by atoms with Gasteiger partial charge in [0, 0.05) is 0 Å². The lowest BCUT2D eigenvalue weighted by molar-refractivity contribution is -0.107. The smallest absolute Gasteiger partial charge is 0.244 e. The molecule has 2 aromatic rings. The second-order valence-corrected chi connectivity index (χ2v) is 7.83. The summed E-state index contributed by atoms with van der Waals surface area (Å²) in [5.74, 6) is 0.765. The highest BCUT2D eigenvalue weighted by atomic mass is 79.9. The van der Waals surface area contributed by atoms with Crippen molar-refractivity contribution in [2.45, 2.75) is 6.61 Å². The van der Waals surface area contributed by atoms with Crippen LogP contribution in [0.4, 0.5) is 0 Å². The average molecular weight is 420 g/mol. The van der Waals surface area contributed by atoms with Crippen molar-refractivity contribution in [2.75, 3.05) is 6.26 Å². The summed E-state index contributed by atoms with van der Waals surface area (Å²) in [6.07, 6.45) is 3.71. The molecule has 1 aliphatic rings. The van der Waals surface area contributed by atoms with Crippen LogP contribution in [0.5, 0.6) is 5.75 Å². The van der Waals surface area contributed by atoms with Gasteiger partial charge in [-0.05, 0) is 63.3 Å². The molecule has 122 valence electrons. The van der Waals surface area contributed by atoms with E-state index >= 15 is 0 Å². The first kappa shape index (κ1) is 17.3. The van der Waals surface area contributed by atoms with Gasteiger partial charge in [0.15, 0.2) is 0 Å². The number of aliphatic imine (C=N–C) groups is 1. The molecule has 0 fully saturated rings. The Morgan fingerprint density at radius 1 is 1.25 bits per heavy atom. The van der Waals surface area contributed by atoms with Crippen molar-refractivity contribution < 1.29 is 9.53 Å². The summed E-state index contributed by atoms with van der Waals surface area (Å²) >= 11 is 6.18. The minimum absolute atomic E-state index is 0.0140. The van der Waals surface area contributed by atoms with Gasteiger partial charge in [0.2, 0.25) is 5.12 Å². The molecule has 0 aromatic heterocycles. The van der Waals surface area contributed by atoms with Crippen LogP contribution in [0.2, 0.25) is 0 Å². The third kappa shape index (κ3) is 4.32. The van der Waals surface area contributed by atoms with E-state index in [9.17, 15) is 4.79 Å². The van der Waals surface area contributed by atoms with Gasteiger partial charge in [0.1, 0.15) is 22.4 Å². The van der Waals surface area contributed by atoms with E-state index in [1.807, 2.05) is 54.8 Å². The van der Waals surface area contributed by atoms with Crippen LogP contribution in [0.1, 0.15) is 11.1 Å². The second-order valence-electron chi connectivity index (χ2n) is 4.97. The highest BCUT2D eigenvalue weighted by molar-refractivity contribution is 9.10. The zero-order valence-corrected chi connectivity index (χ0v) is 16.1. The molecule has 2 aromatic carbocycles. The first-order valence-corrected chi connectivity index (χ1v) is 10.0. The molecule has 1 heterocycles. The first-order valence-electron chi connectivity index (χ1n) is 7.18. The van der Waals surface area contributed by atoms with Crippen molar-refractivity contribution in [3.8, 4) is 5.75 Å². The molecular formula is C18H14BrNO2S2. The number of ether oxygens (including phenoxy) is 1. The molecule has 1 aliphatic heterocycles. The molecule has 0 radical (unpaired) electrons. The highest BCUT2D eigenvalue weighted by Crippen LogP contribution is 2.32. The van der Waals surface area contributed by atoms with Crippen LogP contribution in [-0.4, -0.2) is 15.7 Å². The van der Waals surface area contributed by atoms with Crippen LogP contribution in [0, 0.1) is 0 Å². The third-order valence-electron chi connectivity index (χ3n) is 3.27. The van der Waals surface area contributed by atoms with Crippen molar-refractivity contribution in [2.24, 2.45) is 4.99 Å². The van der Waals surface area contributed by atoms with Gasteiger partial charge >= 0.3 is 0 Å². The molecule has 0 saturated heterocycles. The Morgan fingerprint density at radius 2 is 2.04 bits per heavy atom. The Morgan fingerprint density at radius 3 is 2.71 bits per heavy atom. The highest BCUT2D eigenvalue weighted by Gasteiger charge is 2.21. The molecule has 6 heteroatoms. The van der Waals surface area contributed by atoms with Gasteiger partial charge < -0.3 is 4.74 Å². The van der Waals surface area contributed by atoms with Crippen molar-refractivity contribution in [1.82, 2.24) is 0 Å². The predicted octanol–water partition coefficient (Wildman–Crippen LogP) is 5.36. The summed E-state index contributed by atoms with van der Waals surface area (Å²) in [7, 11) is 0. The molecule has 0 amide bonds. The lowest BCUT2D eigenvalue weighted by Crippen LogP contribution is -1.96. The summed E-state index contributed by atoms with van der Waals surface area (Å²) in [4.78, 5) is 16.2. The van der Waals surface area contributed by atoms with Crippen molar-refractivity contribution in [3.05, 3.63) is 69.8 Å². The number of rotatable bonds is 4. The van der Waals surface area contributed by atoms with E-state index in [-0.39, 0.29) is 5.12 Å². The summed E-state index contributed by atoms with van der Waals surface area (Å²) in [5.41, 5.74) is 2.50. The lowest BCUT2D eigenvalue weighted by atomic mass is 10.2. The van der Waals surface area contributed by atoms with E-state index in [1.165, 1.54) is 23.5 Å². The lowest BCUT2D eigenvalue weighted by Gasteiger charge is -2.09. The van der Waals surface area contributed by atoms with Crippen molar-refractivity contribution >= 4 is 55.0 Å². The van der Waals surface area contributed by atoms with Crippen LogP contribution in [0.25, 0.3) is 6.08 Å². The van der Waals surface area contributed by atoms with E-state index in [0.29, 0.717) is 12.3 Å². The molecule has 0 N–H and O–H groups in total. The predicted molar refractivity (Wildman–Crippen MR) is 106 cm³/mol. The summed E-state index contributed by atoms with van der Waals surface area (Å²) in [5, 5.41) is -0.0140. The van der Waals surface area contributed by atoms with E-state index in [2.05, 4.69) is 20.9 Å². The molecule has 0 spiro atoms. The molecule has 3 rings (SSSR count). The SMILES string of the molecule is CSC1=N/C(=C\c2ccc(OCc3ccccc3)c(Br)c2)C(=O)S1. The van der Waals surface area contributed by atoms with E-state index < -0.39 is 0 Å². The normalized spacial score (nSPS) is 15.7. The maximum Gasteiger partial charge on any atom is 0.244 e. The molecular weight excluding hydrogens is 406 g/mol. The van der Waals surface area contributed by atoms with E-state index in [0.717, 1.165) is 25.7 Å². The van der Waals surface area contributed by atoms with Gasteiger partial charge in [0.05, 0.1) is 4.47 Å². The maximum absolute atomic E-state index is 11.9. The first-order chi connectivity index (χ1) is 11.7. The Hall–Kier alpha value is -1.50. The van der Waals surface area contributed by atoms with Gasteiger partial charge in [-0.3, -0.25) is 4.79 Å². The van der Waals surface area contributed by atoms with E-state index in [1.54, 1.807) is 6.08 Å². The minimum atomic E-state index is -0.0140. The fourth-order valence-corrected chi connectivity index (χ4v) is 3.87. The largest absolute Gasteiger partial charge is 0.488 e. The fourth-order valence-electron chi connectivity index (χ4n) is 2.09. The Kier molecular flexibility index (Phi) is 5.81. The topological polar surface area (TPSA) is 38.7 Å². The third-order valence-corrected chi connectivity index (χ3v) is 5.74. The van der Waals surface area contributed by atoms with Crippen molar-refractivity contribution in [1.29, 1.82) is 0 Å². The molecule has 0 unspecified atom stereocenters. The van der Waals surface area contributed by atoms with Gasteiger partial charge in [-0.25, -0.2) is 4.99 Å². The summed E-state index contributed by atoms with van der Waals surface area (Å²) < 4.78 is 7.47. The van der Waals surface area contributed by atoms with Gasteiger partial charge in [-0.2, -0.15) is 0 Å². The number of hydrogen-bond acceptors (Lipinski definition) is 5. The Balaban J connectivity index is 1.73. The van der Waals surface area contributed by atoms with Crippen LogP contribution < -0.4 is 4.74 Å². The standard InChI is InChI=1S/C18H14BrNO2S2/c1-23-18-20-15(17(21)24-18)10-13-7-8-16(14(19)9-13)22-11-12-5-3-2-4-6-12/h2-10H,11H2,1H3/b15-10-. The maximum atomic E-state index is 11.9. The minimum Gasteiger partial charge on any atom is -0.488 e. The molecule has 0 aliphatic carbocycles. The number of benzene rings is 2. The van der Waals surface area contributed by atoms with Crippen LogP contribution in [-0.2, 0) is 11.4 Å². The zero-order valence-electron chi connectivity index (χ0n) is 12.9. The summed E-state index contributed by atoms with van der Waals surface area (Å²) in [6.45, 7) is 0.510. The number of nitrogens with zero attached hydrogens (tertiary/aromatic N) is 1. The molecule has 3 nitrogen and oxygen atoms in total. The quantitative estimate of drug-likeness (QED) is 0.624. The van der Waals surface area contributed by atoms with Gasteiger partial charge in [-0.1, -0.05) is 36.4 Å². The van der Waals surface area contributed by atoms with E-state index in [4.69, 9.17) is 4.74 Å². The molecule has 0 atom stereocenters. The molecule has 0 bridgehead atoms. The van der Waals surface area contributed by atoms with Crippen LogP contribution >= 0.6 is 39.5 Å². The fraction of sp³-hybridized carbons (Fsp3) is 0.111. The van der Waals surface area contributed by atoms with Gasteiger partial charge in [-0.15, -0.1) is 11.8 Å². The Bertz CT molecular complexity index is 819. The number of thioether (sulfide) groups is 2. The molecule has 0 saturated carbocycles. The van der Waals surface area contributed by atoms with Gasteiger partial charge in [0.25, 0.3) is 0 Å². The van der Waals surface area contributed by atoms with Crippen LogP contribution in [0.3, 0.4) is 0 Å². The second kappa shape index (κ2) is 8.05. The van der Waals surface area contributed by atoms with Crippen molar-refractivity contribution in [3.63, 3.8) is 0 Å². The monoisotopic (exact) mass is 419 g/mol. The number of hydrogen-bond donors (Lipinski definition) is 0. The average Bonchev–Trinajstić information content (AvgIpc) is 2.95. The Labute approximate surface area is 157 Å². The number of carbonyl (C=O) groups excluding carboxylic acids is 1.